The van der Waals surface area contributed by atoms with Crippen LogP contribution in [0.1, 0.15) is 22.8 Å². The zero-order chi connectivity index (χ0) is 17.9. The lowest BCUT2D eigenvalue weighted by Crippen LogP contribution is -2.23. The third-order valence-electron chi connectivity index (χ3n) is 3.65. The number of carbonyl (C=O) groups is 1. The van der Waals surface area contributed by atoms with E-state index in [4.69, 9.17) is 4.74 Å². The number of rotatable bonds is 6. The number of nitrogens with one attached hydrogen (secondary N) is 1. The van der Waals surface area contributed by atoms with Crippen molar-refractivity contribution in [2.45, 2.75) is 18.4 Å². The predicted molar refractivity (Wildman–Crippen MR) is 98.2 cm³/mol. The first-order chi connectivity index (χ1) is 12.0. The van der Waals surface area contributed by atoms with Crippen LogP contribution in [0.3, 0.4) is 0 Å². The minimum atomic E-state index is -3.53. The molecule has 5 nitrogen and oxygen atoms in total. The maximum absolute atomic E-state index is 12.2. The summed E-state index contributed by atoms with van der Waals surface area (Å²) in [7, 11) is -3.53. The smallest absolute Gasteiger partial charge is 0.338 e. The fourth-order valence-corrected chi connectivity index (χ4v) is 4.40. The molecule has 0 saturated carbocycles. The Morgan fingerprint density at radius 3 is 2.56 bits per heavy atom. The minimum absolute atomic E-state index is 0.120. The molecule has 3 rings (SSSR count). The van der Waals surface area contributed by atoms with Crippen molar-refractivity contribution in [3.63, 3.8) is 0 Å². The maximum atomic E-state index is 12.2. The van der Waals surface area contributed by atoms with Gasteiger partial charge in [0, 0.05) is 16.8 Å². The molecule has 1 aromatic heterocycles. The zero-order valence-electron chi connectivity index (χ0n) is 13.6. The average Bonchev–Trinajstić information content (AvgIpc) is 3.03. The summed E-state index contributed by atoms with van der Waals surface area (Å²) in [5.74, 6) is -0.484. The molecule has 0 aliphatic heterocycles. The molecule has 0 unspecified atom stereocenters. The molecule has 1 heterocycles. The van der Waals surface area contributed by atoms with Crippen molar-refractivity contribution in [3.05, 3.63) is 65.0 Å². The first kappa shape index (κ1) is 17.6. The van der Waals surface area contributed by atoms with Crippen LogP contribution in [0.2, 0.25) is 0 Å². The molecule has 25 heavy (non-hydrogen) atoms. The summed E-state index contributed by atoms with van der Waals surface area (Å²) in [4.78, 5) is 12.3. The summed E-state index contributed by atoms with van der Waals surface area (Å²) in [6.07, 6.45) is 0. The molecule has 0 spiro atoms. The number of benzene rings is 2. The van der Waals surface area contributed by atoms with E-state index in [2.05, 4.69) is 4.72 Å². The zero-order valence-corrected chi connectivity index (χ0v) is 15.2. The number of hydrogen-bond donors (Lipinski definition) is 1. The number of ether oxygens (including phenoxy) is 1. The lowest BCUT2D eigenvalue weighted by molar-refractivity contribution is 0.0474. The van der Waals surface area contributed by atoms with E-state index < -0.39 is 16.0 Å². The van der Waals surface area contributed by atoms with E-state index in [1.165, 1.54) is 24.3 Å². The number of fused-ring (bicyclic) bond motifs is 1. The second kappa shape index (κ2) is 7.35. The molecular weight excluding hydrogens is 358 g/mol. The van der Waals surface area contributed by atoms with Gasteiger partial charge in [-0.1, -0.05) is 25.1 Å². The quantitative estimate of drug-likeness (QED) is 0.669. The Kier molecular flexibility index (Phi) is 5.17. The van der Waals surface area contributed by atoms with Gasteiger partial charge in [-0.05, 0) is 41.1 Å². The largest absolute Gasteiger partial charge is 0.457 e. The third kappa shape index (κ3) is 3.89. The van der Waals surface area contributed by atoms with Crippen molar-refractivity contribution >= 4 is 37.4 Å². The standard InChI is InChI=1S/C18H17NO4S2/c1-2-19-25(21,22)15-9-7-13(8-10-15)18(20)23-11-14-12-24-17-6-4-3-5-16(14)17/h3-10,12,19H,2,11H2,1H3. The van der Waals surface area contributed by atoms with Gasteiger partial charge in [0.05, 0.1) is 10.5 Å². The fraction of sp³-hybridized carbons (Fsp3) is 0.167. The molecule has 2 aromatic carbocycles. The van der Waals surface area contributed by atoms with Gasteiger partial charge in [0.25, 0.3) is 0 Å². The van der Waals surface area contributed by atoms with Gasteiger partial charge in [-0.3, -0.25) is 0 Å². The van der Waals surface area contributed by atoms with Gasteiger partial charge in [-0.2, -0.15) is 0 Å². The predicted octanol–water partition coefficient (Wildman–Crippen LogP) is 3.56. The van der Waals surface area contributed by atoms with Crippen LogP contribution in [0.25, 0.3) is 10.1 Å². The van der Waals surface area contributed by atoms with Gasteiger partial charge in [0.15, 0.2) is 0 Å². The van der Waals surface area contributed by atoms with E-state index in [1.807, 2.05) is 29.6 Å². The van der Waals surface area contributed by atoms with Gasteiger partial charge >= 0.3 is 5.97 Å². The molecule has 0 bridgehead atoms. The van der Waals surface area contributed by atoms with Crippen LogP contribution in [0, 0.1) is 0 Å². The Bertz CT molecular complexity index is 991. The van der Waals surface area contributed by atoms with Crippen LogP contribution >= 0.6 is 11.3 Å². The molecule has 0 radical (unpaired) electrons. The van der Waals surface area contributed by atoms with Crippen LogP contribution in [0.4, 0.5) is 0 Å². The molecular formula is C18H17NO4S2. The van der Waals surface area contributed by atoms with Crippen LogP contribution < -0.4 is 4.72 Å². The highest BCUT2D eigenvalue weighted by atomic mass is 32.2. The van der Waals surface area contributed by atoms with Crippen molar-refractivity contribution in [1.29, 1.82) is 0 Å². The van der Waals surface area contributed by atoms with Crippen LogP contribution in [0.5, 0.6) is 0 Å². The average molecular weight is 375 g/mol. The van der Waals surface area contributed by atoms with E-state index in [0.717, 1.165) is 15.6 Å². The van der Waals surface area contributed by atoms with Gasteiger partial charge in [-0.25, -0.2) is 17.9 Å². The highest BCUT2D eigenvalue weighted by Gasteiger charge is 2.14. The van der Waals surface area contributed by atoms with Crippen molar-refractivity contribution in [2.24, 2.45) is 0 Å². The van der Waals surface area contributed by atoms with E-state index >= 15 is 0 Å². The summed E-state index contributed by atoms with van der Waals surface area (Å²) in [6.45, 7) is 2.19. The van der Waals surface area contributed by atoms with Gasteiger partial charge < -0.3 is 4.74 Å². The summed E-state index contributed by atoms with van der Waals surface area (Å²) in [6, 6.07) is 13.6. The molecule has 3 aromatic rings. The first-order valence-electron chi connectivity index (χ1n) is 7.73. The Balaban J connectivity index is 1.69. The topological polar surface area (TPSA) is 72.5 Å². The highest BCUT2D eigenvalue weighted by Crippen LogP contribution is 2.26. The number of hydrogen-bond acceptors (Lipinski definition) is 5. The monoisotopic (exact) mass is 375 g/mol. The SMILES string of the molecule is CCNS(=O)(=O)c1ccc(C(=O)OCc2csc3ccccc23)cc1. The van der Waals surface area contributed by atoms with Crippen molar-refractivity contribution < 1.29 is 17.9 Å². The minimum Gasteiger partial charge on any atom is -0.457 e. The summed E-state index contributed by atoms with van der Waals surface area (Å²) in [5.41, 5.74) is 1.27. The van der Waals surface area contributed by atoms with E-state index in [0.29, 0.717) is 12.1 Å². The third-order valence-corrected chi connectivity index (χ3v) is 6.23. The lowest BCUT2D eigenvalue weighted by Gasteiger charge is -2.07. The van der Waals surface area contributed by atoms with Crippen molar-refractivity contribution in [3.8, 4) is 0 Å². The van der Waals surface area contributed by atoms with Gasteiger partial charge in [0.1, 0.15) is 6.61 Å². The van der Waals surface area contributed by atoms with E-state index in [9.17, 15) is 13.2 Å². The molecule has 0 saturated heterocycles. The molecule has 0 aliphatic rings. The van der Waals surface area contributed by atoms with Crippen molar-refractivity contribution in [2.75, 3.05) is 6.54 Å². The lowest BCUT2D eigenvalue weighted by atomic mass is 10.2. The second-order valence-corrected chi connectivity index (χ2v) is 8.04. The van der Waals surface area contributed by atoms with Crippen molar-refractivity contribution in [1.82, 2.24) is 4.72 Å². The first-order valence-corrected chi connectivity index (χ1v) is 10.1. The number of esters is 1. The molecule has 0 fully saturated rings. The van der Waals surface area contributed by atoms with Gasteiger partial charge in [-0.15, -0.1) is 11.3 Å². The number of carbonyl (C=O) groups excluding carboxylic acids is 1. The molecule has 130 valence electrons. The molecule has 1 N–H and O–H groups in total. The summed E-state index contributed by atoms with van der Waals surface area (Å²) in [5, 5.41) is 3.05. The van der Waals surface area contributed by atoms with Crippen LogP contribution in [-0.2, 0) is 21.4 Å². The number of sulfonamides is 1. The summed E-state index contributed by atoms with van der Waals surface area (Å²) >= 11 is 1.61. The normalized spacial score (nSPS) is 11.6. The molecule has 7 heteroatoms. The Morgan fingerprint density at radius 2 is 1.84 bits per heavy atom. The van der Waals surface area contributed by atoms with Gasteiger partial charge in [0.2, 0.25) is 10.0 Å². The maximum Gasteiger partial charge on any atom is 0.338 e. The Labute approximate surface area is 150 Å². The highest BCUT2D eigenvalue weighted by molar-refractivity contribution is 7.89. The molecule has 0 aliphatic carbocycles. The van der Waals surface area contributed by atoms with E-state index in [1.54, 1.807) is 18.3 Å². The van der Waals surface area contributed by atoms with Crippen LogP contribution in [-0.4, -0.2) is 20.9 Å². The van der Waals surface area contributed by atoms with E-state index in [-0.39, 0.29) is 11.5 Å². The summed E-state index contributed by atoms with van der Waals surface area (Å²) < 4.78 is 32.7. The van der Waals surface area contributed by atoms with Crippen LogP contribution in [0.15, 0.2) is 58.8 Å². The second-order valence-electron chi connectivity index (χ2n) is 5.36. The number of thiophene rings is 1. The Morgan fingerprint density at radius 1 is 1.12 bits per heavy atom. The Hall–Kier alpha value is -2.22. The fourth-order valence-electron chi connectivity index (χ4n) is 2.41. The molecule has 0 amide bonds. The molecule has 0 atom stereocenters.